The second-order valence-electron chi connectivity index (χ2n) is 3.75. The van der Waals surface area contributed by atoms with Gasteiger partial charge < -0.3 is 5.11 Å². The van der Waals surface area contributed by atoms with Crippen LogP contribution in [0.15, 0.2) is 23.2 Å². The molecular formula is C11H10ClNO2. The Bertz CT molecular complexity index is 434. The van der Waals surface area contributed by atoms with Crippen LogP contribution in [0, 0.1) is 0 Å². The van der Waals surface area contributed by atoms with Gasteiger partial charge in [-0.1, -0.05) is 17.7 Å². The average Bonchev–Trinajstić information content (AvgIpc) is 2.16. The minimum atomic E-state index is -0.445. The van der Waals surface area contributed by atoms with Crippen molar-refractivity contribution in [1.29, 1.82) is 0 Å². The molecule has 1 aliphatic rings. The zero-order chi connectivity index (χ0) is 10.9. The zero-order valence-corrected chi connectivity index (χ0v) is 8.79. The number of phenolic OH excluding ortho intramolecular Hbond substituents is 1. The highest BCUT2D eigenvalue weighted by atomic mass is 35.5. The van der Waals surface area contributed by atoms with E-state index in [4.69, 9.17) is 11.6 Å². The summed E-state index contributed by atoms with van der Waals surface area (Å²) in [5.74, 6) is 0.0463. The van der Waals surface area contributed by atoms with Crippen molar-refractivity contribution in [2.75, 3.05) is 0 Å². The molecule has 1 aromatic carbocycles. The molecule has 0 saturated heterocycles. The van der Waals surface area contributed by atoms with Gasteiger partial charge in [0, 0.05) is 0 Å². The number of hydrogen-bond acceptors (Lipinski definition) is 3. The summed E-state index contributed by atoms with van der Waals surface area (Å²) in [4.78, 5) is 14.2. The van der Waals surface area contributed by atoms with E-state index in [1.165, 1.54) is 6.07 Å². The van der Waals surface area contributed by atoms with Crippen molar-refractivity contribution in [2.45, 2.75) is 24.8 Å². The first-order valence-corrected chi connectivity index (χ1v) is 5.14. The summed E-state index contributed by atoms with van der Waals surface area (Å²) < 4.78 is 0. The maximum Gasteiger partial charge on any atom is 0.235 e. The third-order valence-corrected chi connectivity index (χ3v) is 3.23. The lowest BCUT2D eigenvalue weighted by Gasteiger charge is -2.37. The van der Waals surface area contributed by atoms with E-state index in [0.717, 1.165) is 24.8 Å². The number of hydrogen-bond donors (Lipinski definition) is 1. The molecule has 3 nitrogen and oxygen atoms in total. The normalized spacial score (nSPS) is 17.7. The number of halogens is 1. The molecular weight excluding hydrogens is 214 g/mol. The molecule has 1 N–H and O–H groups in total. The Morgan fingerprint density at radius 2 is 2.20 bits per heavy atom. The van der Waals surface area contributed by atoms with E-state index in [9.17, 15) is 9.90 Å². The van der Waals surface area contributed by atoms with Gasteiger partial charge in [0.1, 0.15) is 5.75 Å². The first kappa shape index (κ1) is 10.2. The molecule has 1 aromatic rings. The molecule has 1 aliphatic carbocycles. The number of aliphatic imine (C=N–C) groups is 1. The van der Waals surface area contributed by atoms with Crippen LogP contribution in [0.25, 0.3) is 0 Å². The summed E-state index contributed by atoms with van der Waals surface area (Å²) >= 11 is 5.81. The van der Waals surface area contributed by atoms with Crippen molar-refractivity contribution >= 4 is 17.7 Å². The van der Waals surface area contributed by atoms with E-state index in [-0.39, 0.29) is 5.75 Å². The summed E-state index contributed by atoms with van der Waals surface area (Å²) in [5, 5.41) is 9.58. The third kappa shape index (κ3) is 1.65. The van der Waals surface area contributed by atoms with E-state index in [0.29, 0.717) is 5.02 Å². The van der Waals surface area contributed by atoms with Gasteiger partial charge in [-0.2, -0.15) is 4.99 Å². The predicted octanol–water partition coefficient (Wildman–Crippen LogP) is 2.76. The van der Waals surface area contributed by atoms with Crippen LogP contribution in [0.4, 0.5) is 0 Å². The topological polar surface area (TPSA) is 49.7 Å². The fourth-order valence-corrected chi connectivity index (χ4v) is 2.04. The number of phenols is 1. The monoisotopic (exact) mass is 223 g/mol. The van der Waals surface area contributed by atoms with Crippen LogP contribution < -0.4 is 0 Å². The van der Waals surface area contributed by atoms with Gasteiger partial charge in [0.2, 0.25) is 6.08 Å². The van der Waals surface area contributed by atoms with E-state index in [1.807, 2.05) is 0 Å². The van der Waals surface area contributed by atoms with Gasteiger partial charge in [-0.15, -0.1) is 0 Å². The Morgan fingerprint density at radius 3 is 2.67 bits per heavy atom. The lowest BCUT2D eigenvalue weighted by molar-refractivity contribution is 0.256. The average molecular weight is 224 g/mol. The number of isocyanates is 1. The molecule has 15 heavy (non-hydrogen) atoms. The first-order valence-electron chi connectivity index (χ1n) is 4.76. The lowest BCUT2D eigenvalue weighted by Crippen LogP contribution is -2.31. The van der Waals surface area contributed by atoms with Gasteiger partial charge in [-0.05, 0) is 37.0 Å². The highest BCUT2D eigenvalue weighted by molar-refractivity contribution is 6.32. The van der Waals surface area contributed by atoms with Gasteiger partial charge in [-0.3, -0.25) is 0 Å². The Balaban J connectivity index is 2.43. The second kappa shape index (κ2) is 3.69. The van der Waals surface area contributed by atoms with Crippen LogP contribution in [-0.4, -0.2) is 11.2 Å². The quantitative estimate of drug-likeness (QED) is 0.619. The van der Waals surface area contributed by atoms with Gasteiger partial charge >= 0.3 is 0 Å². The first-order chi connectivity index (χ1) is 7.18. The van der Waals surface area contributed by atoms with Crippen molar-refractivity contribution in [3.8, 4) is 5.75 Å². The predicted molar refractivity (Wildman–Crippen MR) is 56.8 cm³/mol. The van der Waals surface area contributed by atoms with E-state index >= 15 is 0 Å². The molecule has 0 heterocycles. The summed E-state index contributed by atoms with van der Waals surface area (Å²) in [6, 6.07) is 4.94. The fourth-order valence-electron chi connectivity index (χ4n) is 1.86. The minimum Gasteiger partial charge on any atom is -0.506 e. The zero-order valence-electron chi connectivity index (χ0n) is 8.03. The molecule has 0 radical (unpaired) electrons. The molecule has 1 saturated carbocycles. The van der Waals surface area contributed by atoms with Gasteiger partial charge in [0.25, 0.3) is 0 Å². The summed E-state index contributed by atoms with van der Waals surface area (Å²) in [7, 11) is 0. The highest BCUT2D eigenvalue weighted by Gasteiger charge is 2.39. The van der Waals surface area contributed by atoms with Crippen LogP contribution in [0.3, 0.4) is 0 Å². The lowest BCUT2D eigenvalue weighted by atomic mass is 9.72. The summed E-state index contributed by atoms with van der Waals surface area (Å²) in [6.07, 6.45) is 4.33. The third-order valence-electron chi connectivity index (χ3n) is 2.93. The molecule has 2 rings (SSSR count). The maximum atomic E-state index is 10.4. The van der Waals surface area contributed by atoms with Crippen molar-refractivity contribution in [3.63, 3.8) is 0 Å². The molecule has 1 fully saturated rings. The number of carbonyl (C=O) groups excluding carboxylic acids is 1. The Hall–Kier alpha value is -1.31. The molecule has 4 heteroatoms. The largest absolute Gasteiger partial charge is 0.506 e. The van der Waals surface area contributed by atoms with Crippen LogP contribution >= 0.6 is 11.6 Å². The smallest absolute Gasteiger partial charge is 0.235 e. The van der Waals surface area contributed by atoms with Crippen LogP contribution in [-0.2, 0) is 10.3 Å². The summed E-state index contributed by atoms with van der Waals surface area (Å²) in [5.41, 5.74) is 0.430. The number of rotatable bonds is 2. The maximum absolute atomic E-state index is 10.4. The summed E-state index contributed by atoms with van der Waals surface area (Å²) in [6.45, 7) is 0. The van der Waals surface area contributed by atoms with Gasteiger partial charge in [0.05, 0.1) is 10.6 Å². The molecule has 0 atom stereocenters. The van der Waals surface area contributed by atoms with Crippen molar-refractivity contribution in [1.82, 2.24) is 0 Å². The minimum absolute atomic E-state index is 0.0463. The SMILES string of the molecule is O=C=NC1(c2ccc(O)c(Cl)c2)CCC1. The van der Waals surface area contributed by atoms with E-state index in [2.05, 4.69) is 4.99 Å². The molecule has 0 aliphatic heterocycles. The van der Waals surface area contributed by atoms with Crippen molar-refractivity contribution < 1.29 is 9.90 Å². The molecule has 0 aromatic heterocycles. The molecule has 0 amide bonds. The standard InChI is InChI=1S/C11H10ClNO2/c12-9-6-8(2-3-10(9)15)11(13-7-14)4-1-5-11/h2-3,6,15H,1,4-5H2. The van der Waals surface area contributed by atoms with Crippen molar-refractivity contribution in [2.24, 2.45) is 4.99 Å². The highest BCUT2D eigenvalue weighted by Crippen LogP contribution is 2.45. The van der Waals surface area contributed by atoms with E-state index in [1.54, 1.807) is 18.2 Å². The number of benzene rings is 1. The fraction of sp³-hybridized carbons (Fsp3) is 0.364. The molecule has 0 bridgehead atoms. The number of nitrogens with zero attached hydrogens (tertiary/aromatic N) is 1. The molecule has 0 unspecified atom stereocenters. The second-order valence-corrected chi connectivity index (χ2v) is 4.16. The molecule has 0 spiro atoms. The number of aromatic hydroxyl groups is 1. The van der Waals surface area contributed by atoms with Crippen LogP contribution in [0.1, 0.15) is 24.8 Å². The van der Waals surface area contributed by atoms with E-state index < -0.39 is 5.54 Å². The molecule has 78 valence electrons. The van der Waals surface area contributed by atoms with Gasteiger partial charge in [0.15, 0.2) is 0 Å². The Labute approximate surface area is 92.4 Å². The van der Waals surface area contributed by atoms with Gasteiger partial charge in [-0.25, -0.2) is 4.79 Å². The van der Waals surface area contributed by atoms with Crippen molar-refractivity contribution in [3.05, 3.63) is 28.8 Å². The Morgan fingerprint density at radius 1 is 1.47 bits per heavy atom. The van der Waals surface area contributed by atoms with Crippen LogP contribution in [0.5, 0.6) is 5.75 Å². The Kier molecular flexibility index (Phi) is 2.51. The van der Waals surface area contributed by atoms with Crippen LogP contribution in [0.2, 0.25) is 5.02 Å².